The summed E-state index contributed by atoms with van der Waals surface area (Å²) in [4.78, 5) is 14.6. The molecule has 1 aromatic heterocycles. The summed E-state index contributed by atoms with van der Waals surface area (Å²) in [6.45, 7) is 0. The second-order valence-electron chi connectivity index (χ2n) is 3.03. The maximum Gasteiger partial charge on any atom is 0.463 e. The lowest BCUT2D eigenvalue weighted by Crippen LogP contribution is -2.47. The van der Waals surface area contributed by atoms with Gasteiger partial charge in [-0.1, -0.05) is 0 Å². The van der Waals surface area contributed by atoms with E-state index >= 15 is 0 Å². The first-order valence-electron chi connectivity index (χ1n) is 4.13. The maximum absolute atomic E-state index is 12.6. The van der Waals surface area contributed by atoms with E-state index < -0.39 is 18.0 Å². The highest BCUT2D eigenvalue weighted by molar-refractivity contribution is 9.11. The van der Waals surface area contributed by atoms with E-state index in [1.807, 2.05) is 0 Å². The summed E-state index contributed by atoms with van der Waals surface area (Å²) >= 11 is 5.78. The van der Waals surface area contributed by atoms with Crippen LogP contribution in [0.1, 0.15) is 0 Å². The molecule has 3 nitrogen and oxygen atoms in total. The standard InChI is InChI=1S/C8H3Br2F5N2O/c9-4-1-3(2-5(10)17-4)16-6(18)7(11,12)8(13,14)15/h1-2H,(H,16,17,18). The smallest absolute Gasteiger partial charge is 0.320 e. The highest BCUT2D eigenvalue weighted by atomic mass is 79.9. The lowest BCUT2D eigenvalue weighted by atomic mass is 10.3. The molecule has 0 aliphatic carbocycles. The summed E-state index contributed by atoms with van der Waals surface area (Å²) in [5.41, 5.74) is -0.252. The molecule has 0 saturated carbocycles. The van der Waals surface area contributed by atoms with Gasteiger partial charge in [-0.2, -0.15) is 22.0 Å². The van der Waals surface area contributed by atoms with Gasteiger partial charge in [-0.05, 0) is 44.0 Å². The van der Waals surface area contributed by atoms with Crippen molar-refractivity contribution in [3.05, 3.63) is 21.3 Å². The highest BCUT2D eigenvalue weighted by Gasteiger charge is 2.63. The van der Waals surface area contributed by atoms with E-state index in [0.29, 0.717) is 0 Å². The van der Waals surface area contributed by atoms with Crippen molar-refractivity contribution in [2.24, 2.45) is 0 Å². The van der Waals surface area contributed by atoms with Crippen molar-refractivity contribution in [2.75, 3.05) is 5.32 Å². The number of alkyl halides is 5. The normalized spacial score (nSPS) is 12.4. The predicted molar refractivity (Wildman–Crippen MR) is 59.3 cm³/mol. The Labute approximate surface area is 114 Å². The minimum atomic E-state index is -5.95. The Bertz CT molecular complexity index is 457. The Morgan fingerprint density at radius 3 is 1.94 bits per heavy atom. The fourth-order valence-electron chi connectivity index (χ4n) is 0.875. The average Bonchev–Trinajstić information content (AvgIpc) is 2.13. The van der Waals surface area contributed by atoms with Crippen molar-refractivity contribution < 1.29 is 26.7 Å². The molecule has 1 amide bonds. The van der Waals surface area contributed by atoms with Gasteiger partial charge < -0.3 is 5.32 Å². The van der Waals surface area contributed by atoms with Crippen molar-refractivity contribution in [1.82, 2.24) is 4.98 Å². The molecule has 0 saturated heterocycles. The van der Waals surface area contributed by atoms with Crippen molar-refractivity contribution in [3.63, 3.8) is 0 Å². The zero-order chi connectivity index (χ0) is 14.1. The number of anilines is 1. The summed E-state index contributed by atoms with van der Waals surface area (Å²) in [5.74, 6) is -7.92. The van der Waals surface area contributed by atoms with Gasteiger partial charge in [0.15, 0.2) is 0 Å². The summed E-state index contributed by atoms with van der Waals surface area (Å²) in [6, 6.07) is 2.16. The third-order valence-electron chi connectivity index (χ3n) is 1.66. The molecular formula is C8H3Br2F5N2O. The number of carbonyl (C=O) groups is 1. The molecule has 10 heteroatoms. The zero-order valence-electron chi connectivity index (χ0n) is 8.16. The number of aromatic nitrogens is 1. The van der Waals surface area contributed by atoms with E-state index in [-0.39, 0.29) is 14.9 Å². The number of rotatable bonds is 2. The Hall–Kier alpha value is -0.770. The number of hydrogen-bond acceptors (Lipinski definition) is 2. The molecule has 0 aliphatic rings. The number of halogens is 7. The number of carbonyl (C=O) groups excluding carboxylic acids is 1. The number of nitrogens with zero attached hydrogens (tertiary/aromatic N) is 1. The number of hydrogen-bond donors (Lipinski definition) is 1. The largest absolute Gasteiger partial charge is 0.463 e. The third-order valence-corrected chi connectivity index (χ3v) is 2.47. The van der Waals surface area contributed by atoms with Gasteiger partial charge in [-0.25, -0.2) is 4.98 Å². The van der Waals surface area contributed by atoms with Crippen LogP contribution in [0, 0.1) is 0 Å². The van der Waals surface area contributed by atoms with E-state index in [4.69, 9.17) is 0 Å². The van der Waals surface area contributed by atoms with Crippen molar-refractivity contribution >= 4 is 43.5 Å². The van der Waals surface area contributed by atoms with Crippen LogP contribution in [-0.2, 0) is 4.79 Å². The predicted octanol–water partition coefficient (Wildman–Crippen LogP) is 3.74. The van der Waals surface area contributed by atoms with Crippen LogP contribution in [0.5, 0.6) is 0 Å². The highest BCUT2D eigenvalue weighted by Crippen LogP contribution is 2.36. The van der Waals surface area contributed by atoms with Gasteiger partial charge in [0.25, 0.3) is 0 Å². The Balaban J connectivity index is 2.95. The maximum atomic E-state index is 12.6. The fraction of sp³-hybridized carbons (Fsp3) is 0.250. The Morgan fingerprint density at radius 1 is 1.11 bits per heavy atom. The van der Waals surface area contributed by atoms with Gasteiger partial charge in [-0.15, -0.1) is 0 Å². The molecule has 1 N–H and O–H groups in total. The molecule has 0 bridgehead atoms. The molecule has 0 spiro atoms. The van der Waals surface area contributed by atoms with Crippen LogP contribution >= 0.6 is 31.9 Å². The summed E-state index contributed by atoms with van der Waals surface area (Å²) < 4.78 is 61.3. The molecule has 0 unspecified atom stereocenters. The van der Waals surface area contributed by atoms with Gasteiger partial charge in [-0.3, -0.25) is 4.79 Å². The van der Waals surface area contributed by atoms with Crippen LogP contribution in [-0.4, -0.2) is 23.0 Å². The van der Waals surface area contributed by atoms with Crippen molar-refractivity contribution in [2.45, 2.75) is 12.1 Å². The molecular weight excluding hydrogens is 395 g/mol. The average molecular weight is 398 g/mol. The summed E-state index contributed by atoms with van der Waals surface area (Å²) in [5, 5.41) is 1.46. The van der Waals surface area contributed by atoms with Crippen LogP contribution < -0.4 is 5.32 Å². The first-order valence-corrected chi connectivity index (χ1v) is 5.71. The number of nitrogens with one attached hydrogen (secondary N) is 1. The molecule has 0 aliphatic heterocycles. The van der Waals surface area contributed by atoms with E-state index in [2.05, 4.69) is 36.8 Å². The topological polar surface area (TPSA) is 42.0 Å². The summed E-state index contributed by atoms with van der Waals surface area (Å²) in [7, 11) is 0. The Morgan fingerprint density at radius 2 is 1.56 bits per heavy atom. The van der Waals surface area contributed by atoms with E-state index in [9.17, 15) is 26.7 Å². The van der Waals surface area contributed by atoms with Crippen LogP contribution in [0.4, 0.5) is 27.6 Å². The molecule has 0 atom stereocenters. The molecule has 0 radical (unpaired) electrons. The first-order chi connectivity index (χ1) is 8.04. The minimum absolute atomic E-state index is 0.155. The van der Waals surface area contributed by atoms with Gasteiger partial charge in [0, 0.05) is 5.69 Å². The van der Waals surface area contributed by atoms with Crippen LogP contribution in [0.3, 0.4) is 0 Å². The second kappa shape index (κ2) is 5.08. The second-order valence-corrected chi connectivity index (χ2v) is 4.65. The Kier molecular flexibility index (Phi) is 4.31. The monoisotopic (exact) mass is 396 g/mol. The molecule has 1 rings (SSSR count). The quantitative estimate of drug-likeness (QED) is 0.610. The van der Waals surface area contributed by atoms with Gasteiger partial charge in [0.1, 0.15) is 9.21 Å². The fourth-order valence-corrected chi connectivity index (χ4v) is 1.99. The van der Waals surface area contributed by atoms with Crippen molar-refractivity contribution in [3.8, 4) is 0 Å². The van der Waals surface area contributed by atoms with Gasteiger partial charge in [0.2, 0.25) is 0 Å². The van der Waals surface area contributed by atoms with Crippen molar-refractivity contribution in [1.29, 1.82) is 0 Å². The van der Waals surface area contributed by atoms with Gasteiger partial charge >= 0.3 is 18.0 Å². The summed E-state index contributed by atoms with van der Waals surface area (Å²) in [6.07, 6.45) is -5.95. The molecule has 1 aromatic rings. The number of pyridine rings is 1. The minimum Gasteiger partial charge on any atom is -0.320 e. The molecule has 1 heterocycles. The van der Waals surface area contributed by atoms with E-state index in [0.717, 1.165) is 12.1 Å². The zero-order valence-corrected chi connectivity index (χ0v) is 11.3. The first kappa shape index (κ1) is 15.3. The van der Waals surface area contributed by atoms with E-state index in [1.165, 1.54) is 5.32 Å². The molecule has 0 aromatic carbocycles. The van der Waals surface area contributed by atoms with Crippen LogP contribution in [0.25, 0.3) is 0 Å². The lowest BCUT2D eigenvalue weighted by molar-refractivity contribution is -0.267. The lowest BCUT2D eigenvalue weighted by Gasteiger charge is -2.18. The van der Waals surface area contributed by atoms with Gasteiger partial charge in [0.05, 0.1) is 0 Å². The van der Waals surface area contributed by atoms with Crippen LogP contribution in [0.15, 0.2) is 21.3 Å². The van der Waals surface area contributed by atoms with E-state index in [1.54, 1.807) is 0 Å². The third kappa shape index (κ3) is 3.37. The number of amides is 1. The molecule has 0 fully saturated rings. The molecule has 18 heavy (non-hydrogen) atoms. The molecule has 100 valence electrons. The van der Waals surface area contributed by atoms with Crippen LogP contribution in [0.2, 0.25) is 0 Å². The SMILES string of the molecule is O=C(Nc1cc(Br)nc(Br)c1)C(F)(F)C(F)(F)F.